The summed E-state index contributed by atoms with van der Waals surface area (Å²) in [6.07, 6.45) is 1.83. The molecule has 0 spiro atoms. The van der Waals surface area contributed by atoms with Crippen LogP contribution in [0, 0.1) is 6.92 Å². The van der Waals surface area contributed by atoms with E-state index in [4.69, 9.17) is 11.6 Å². The van der Waals surface area contributed by atoms with Crippen molar-refractivity contribution in [3.8, 4) is 0 Å². The van der Waals surface area contributed by atoms with Gasteiger partial charge in [-0.2, -0.15) is 0 Å². The molecule has 0 aliphatic heterocycles. The Bertz CT molecular complexity index is 539. The highest BCUT2D eigenvalue weighted by atomic mass is 35.5. The Morgan fingerprint density at radius 3 is 2.89 bits per heavy atom. The average molecular weight is 266 g/mol. The molecule has 0 saturated carbocycles. The van der Waals surface area contributed by atoms with Crippen LogP contribution in [0.1, 0.15) is 36.3 Å². The monoisotopic (exact) mass is 265 g/mol. The molecule has 0 aliphatic rings. The third-order valence-electron chi connectivity index (χ3n) is 2.83. The Balaban J connectivity index is 2.16. The van der Waals surface area contributed by atoms with Crippen LogP contribution in [0.4, 0.5) is 0 Å². The van der Waals surface area contributed by atoms with Crippen molar-refractivity contribution in [3.05, 3.63) is 46.2 Å². The Morgan fingerprint density at radius 2 is 2.22 bits per heavy atom. The number of aliphatic hydroxyl groups excluding tert-OH is 1. The Morgan fingerprint density at radius 1 is 1.44 bits per heavy atom. The number of aromatic nitrogens is 3. The molecule has 2 aromatic rings. The zero-order valence-electron chi connectivity index (χ0n) is 10.5. The summed E-state index contributed by atoms with van der Waals surface area (Å²) in [4.78, 5) is 0. The normalized spacial score (nSPS) is 12.7. The van der Waals surface area contributed by atoms with Crippen LogP contribution in [0.5, 0.6) is 0 Å². The largest absolute Gasteiger partial charge is 0.387 e. The summed E-state index contributed by atoms with van der Waals surface area (Å²) in [5.41, 5.74) is 2.72. The first-order chi connectivity index (χ1) is 8.60. The lowest BCUT2D eigenvalue weighted by Gasteiger charge is -2.05. The number of benzene rings is 1. The Hall–Kier alpha value is -1.39. The molecule has 2 rings (SSSR count). The summed E-state index contributed by atoms with van der Waals surface area (Å²) in [5, 5.41) is 18.3. The number of aryl methyl sites for hydroxylation is 1. The van der Waals surface area contributed by atoms with Crippen molar-refractivity contribution < 1.29 is 5.11 Å². The van der Waals surface area contributed by atoms with Gasteiger partial charge in [0, 0.05) is 5.02 Å². The van der Waals surface area contributed by atoms with Crippen LogP contribution in [-0.2, 0) is 6.54 Å². The molecule has 4 nitrogen and oxygen atoms in total. The van der Waals surface area contributed by atoms with Crippen LogP contribution in [0.25, 0.3) is 0 Å². The number of hydrogen-bond acceptors (Lipinski definition) is 3. The van der Waals surface area contributed by atoms with Gasteiger partial charge in [0.1, 0.15) is 5.69 Å². The topological polar surface area (TPSA) is 50.9 Å². The maximum atomic E-state index is 9.66. The van der Waals surface area contributed by atoms with E-state index in [1.165, 1.54) is 0 Å². The molecule has 18 heavy (non-hydrogen) atoms. The van der Waals surface area contributed by atoms with E-state index in [1.807, 2.05) is 32.0 Å². The summed E-state index contributed by atoms with van der Waals surface area (Å²) in [5.74, 6) is 0. The van der Waals surface area contributed by atoms with Gasteiger partial charge in [0.15, 0.2) is 0 Å². The van der Waals surface area contributed by atoms with E-state index < -0.39 is 6.10 Å². The summed E-state index contributed by atoms with van der Waals surface area (Å²) in [6, 6.07) is 5.92. The fourth-order valence-electron chi connectivity index (χ4n) is 1.71. The summed E-state index contributed by atoms with van der Waals surface area (Å²) >= 11 is 6.17. The van der Waals surface area contributed by atoms with Crippen molar-refractivity contribution in [3.63, 3.8) is 0 Å². The van der Waals surface area contributed by atoms with Gasteiger partial charge in [0.2, 0.25) is 0 Å². The van der Waals surface area contributed by atoms with E-state index in [1.54, 1.807) is 10.9 Å². The van der Waals surface area contributed by atoms with Crippen LogP contribution in [0.2, 0.25) is 5.02 Å². The van der Waals surface area contributed by atoms with E-state index in [2.05, 4.69) is 10.3 Å². The first-order valence-corrected chi connectivity index (χ1v) is 6.31. The third kappa shape index (κ3) is 2.89. The predicted octanol–water partition coefficient (Wildman–Crippen LogP) is 2.73. The fraction of sp³-hybridized carbons (Fsp3) is 0.385. The second-order valence-corrected chi connectivity index (χ2v) is 4.77. The van der Waals surface area contributed by atoms with Crippen LogP contribution in [0.15, 0.2) is 24.4 Å². The molecule has 0 fully saturated rings. The second kappa shape index (κ2) is 5.50. The van der Waals surface area contributed by atoms with Crippen LogP contribution in [0.3, 0.4) is 0 Å². The second-order valence-electron chi connectivity index (χ2n) is 4.36. The van der Waals surface area contributed by atoms with Gasteiger partial charge in [0.05, 0.1) is 18.8 Å². The van der Waals surface area contributed by atoms with Crippen molar-refractivity contribution >= 4 is 11.6 Å². The van der Waals surface area contributed by atoms with E-state index in [0.29, 0.717) is 18.7 Å². The molecule has 1 atom stereocenters. The van der Waals surface area contributed by atoms with Crippen LogP contribution < -0.4 is 0 Å². The lowest BCUT2D eigenvalue weighted by molar-refractivity contribution is 0.168. The smallest absolute Gasteiger partial charge is 0.111 e. The highest BCUT2D eigenvalue weighted by molar-refractivity contribution is 6.31. The SMILES string of the molecule is CCC(O)c1cn(Cc2ccc(C)cc2Cl)nn1. The van der Waals surface area contributed by atoms with Crippen LogP contribution >= 0.6 is 11.6 Å². The number of halogens is 1. The molecule has 1 aromatic heterocycles. The zero-order valence-corrected chi connectivity index (χ0v) is 11.2. The van der Waals surface area contributed by atoms with Gasteiger partial charge in [-0.05, 0) is 30.5 Å². The Kier molecular flexibility index (Phi) is 3.99. The molecular formula is C13H16ClN3O. The van der Waals surface area contributed by atoms with Crippen molar-refractivity contribution in [1.82, 2.24) is 15.0 Å². The Labute approximate surface area is 111 Å². The number of rotatable bonds is 4. The van der Waals surface area contributed by atoms with E-state index >= 15 is 0 Å². The van der Waals surface area contributed by atoms with Crippen molar-refractivity contribution in [1.29, 1.82) is 0 Å². The fourth-order valence-corrected chi connectivity index (χ4v) is 2.00. The first kappa shape index (κ1) is 13.1. The molecule has 1 N–H and O–H groups in total. The molecule has 5 heteroatoms. The number of nitrogens with zero attached hydrogens (tertiary/aromatic N) is 3. The molecular weight excluding hydrogens is 250 g/mol. The van der Waals surface area contributed by atoms with Gasteiger partial charge in [-0.1, -0.05) is 35.9 Å². The molecule has 96 valence electrons. The molecule has 1 heterocycles. The summed E-state index contributed by atoms with van der Waals surface area (Å²) in [6.45, 7) is 4.46. The van der Waals surface area contributed by atoms with Crippen molar-refractivity contribution in [2.75, 3.05) is 0 Å². The van der Waals surface area contributed by atoms with Gasteiger partial charge in [-0.3, -0.25) is 0 Å². The van der Waals surface area contributed by atoms with Gasteiger partial charge < -0.3 is 5.11 Å². The number of aliphatic hydroxyl groups is 1. The first-order valence-electron chi connectivity index (χ1n) is 5.93. The summed E-state index contributed by atoms with van der Waals surface area (Å²) < 4.78 is 1.69. The van der Waals surface area contributed by atoms with Crippen LogP contribution in [-0.4, -0.2) is 20.1 Å². The average Bonchev–Trinajstić information content (AvgIpc) is 2.80. The predicted molar refractivity (Wildman–Crippen MR) is 70.6 cm³/mol. The van der Waals surface area contributed by atoms with Gasteiger partial charge in [0.25, 0.3) is 0 Å². The minimum absolute atomic E-state index is 0.549. The minimum Gasteiger partial charge on any atom is -0.387 e. The zero-order chi connectivity index (χ0) is 13.1. The molecule has 0 saturated heterocycles. The lowest BCUT2D eigenvalue weighted by Crippen LogP contribution is -2.01. The van der Waals surface area contributed by atoms with E-state index in [0.717, 1.165) is 16.1 Å². The highest BCUT2D eigenvalue weighted by Gasteiger charge is 2.10. The lowest BCUT2D eigenvalue weighted by atomic mass is 10.1. The maximum absolute atomic E-state index is 9.66. The molecule has 0 bridgehead atoms. The third-order valence-corrected chi connectivity index (χ3v) is 3.18. The van der Waals surface area contributed by atoms with Gasteiger partial charge in [-0.15, -0.1) is 5.10 Å². The quantitative estimate of drug-likeness (QED) is 0.925. The molecule has 1 aromatic carbocycles. The molecule has 0 radical (unpaired) electrons. The molecule has 0 amide bonds. The minimum atomic E-state index is -0.549. The van der Waals surface area contributed by atoms with Gasteiger partial charge >= 0.3 is 0 Å². The van der Waals surface area contributed by atoms with Crippen molar-refractivity contribution in [2.45, 2.75) is 32.9 Å². The van der Waals surface area contributed by atoms with E-state index in [9.17, 15) is 5.11 Å². The maximum Gasteiger partial charge on any atom is 0.111 e. The summed E-state index contributed by atoms with van der Waals surface area (Å²) in [7, 11) is 0. The standard InChI is InChI=1S/C13H16ClN3O/c1-3-13(18)12-8-17(16-15-12)7-10-5-4-9(2)6-11(10)14/h4-6,8,13,18H,3,7H2,1-2H3. The van der Waals surface area contributed by atoms with Crippen molar-refractivity contribution in [2.24, 2.45) is 0 Å². The van der Waals surface area contributed by atoms with Gasteiger partial charge in [-0.25, -0.2) is 4.68 Å². The number of hydrogen-bond donors (Lipinski definition) is 1. The molecule has 0 aliphatic carbocycles. The molecule has 1 unspecified atom stereocenters. The highest BCUT2D eigenvalue weighted by Crippen LogP contribution is 2.19. The van der Waals surface area contributed by atoms with E-state index in [-0.39, 0.29) is 0 Å².